The van der Waals surface area contributed by atoms with E-state index < -0.39 is 0 Å². The van der Waals surface area contributed by atoms with E-state index in [-0.39, 0.29) is 0 Å². The van der Waals surface area contributed by atoms with Crippen LogP contribution in [0.25, 0.3) is 0 Å². The summed E-state index contributed by atoms with van der Waals surface area (Å²) in [6, 6.07) is 0. The third-order valence-electron chi connectivity index (χ3n) is 2.02. The minimum Gasteiger partial charge on any atom is -0.496 e. The van der Waals surface area contributed by atoms with Crippen molar-refractivity contribution in [3.8, 4) is 0 Å². The Morgan fingerprint density at radius 3 is 2.75 bits per heavy atom. The summed E-state index contributed by atoms with van der Waals surface area (Å²) < 4.78 is 6.25. The molecule has 0 aromatic heterocycles. The Morgan fingerprint density at radius 2 is 2.08 bits per heavy atom. The van der Waals surface area contributed by atoms with Crippen LogP contribution >= 0.6 is 23.5 Å². The van der Waals surface area contributed by atoms with Crippen LogP contribution in [0.2, 0.25) is 0 Å². The molecule has 68 valence electrons. The first-order valence-corrected chi connectivity index (χ1v) is 6.62. The third kappa shape index (κ3) is 2.13. The highest BCUT2D eigenvalue weighted by Crippen LogP contribution is 2.37. The number of allylic oxidation sites excluding steroid dienone is 1. The van der Waals surface area contributed by atoms with Crippen LogP contribution in [0.4, 0.5) is 0 Å². The SMILES string of the molecule is C1=C(C2SCCCS2)OCCC1. The van der Waals surface area contributed by atoms with Crippen LogP contribution in [0.5, 0.6) is 0 Å². The van der Waals surface area contributed by atoms with Crippen LogP contribution < -0.4 is 0 Å². The lowest BCUT2D eigenvalue weighted by Gasteiger charge is -2.25. The molecule has 0 bridgehead atoms. The summed E-state index contributed by atoms with van der Waals surface area (Å²) in [4.78, 5) is 0. The molecule has 0 unspecified atom stereocenters. The van der Waals surface area contributed by atoms with Crippen LogP contribution in [-0.4, -0.2) is 22.7 Å². The zero-order valence-electron chi connectivity index (χ0n) is 7.12. The van der Waals surface area contributed by atoms with Crippen molar-refractivity contribution in [1.29, 1.82) is 0 Å². The molecule has 0 radical (unpaired) electrons. The van der Waals surface area contributed by atoms with E-state index >= 15 is 0 Å². The monoisotopic (exact) mass is 202 g/mol. The van der Waals surface area contributed by atoms with Crippen molar-refractivity contribution < 1.29 is 4.74 Å². The zero-order chi connectivity index (χ0) is 8.23. The van der Waals surface area contributed by atoms with Crippen molar-refractivity contribution in [3.63, 3.8) is 0 Å². The molecule has 0 aromatic carbocycles. The van der Waals surface area contributed by atoms with Crippen molar-refractivity contribution in [2.75, 3.05) is 18.1 Å². The van der Waals surface area contributed by atoms with Crippen molar-refractivity contribution in [2.45, 2.75) is 23.8 Å². The quantitative estimate of drug-likeness (QED) is 0.647. The van der Waals surface area contributed by atoms with Gasteiger partial charge in [-0.05, 0) is 36.8 Å². The molecule has 1 nitrogen and oxygen atoms in total. The van der Waals surface area contributed by atoms with Gasteiger partial charge in [-0.15, -0.1) is 23.5 Å². The van der Waals surface area contributed by atoms with Crippen LogP contribution in [0, 0.1) is 0 Å². The maximum atomic E-state index is 5.64. The lowest BCUT2D eigenvalue weighted by Crippen LogP contribution is -2.14. The molecule has 12 heavy (non-hydrogen) atoms. The lowest BCUT2D eigenvalue weighted by molar-refractivity contribution is 0.194. The maximum Gasteiger partial charge on any atom is 0.115 e. The van der Waals surface area contributed by atoms with Crippen molar-refractivity contribution in [3.05, 3.63) is 11.8 Å². The largest absolute Gasteiger partial charge is 0.496 e. The van der Waals surface area contributed by atoms with Crippen LogP contribution in [0.15, 0.2) is 11.8 Å². The van der Waals surface area contributed by atoms with Crippen molar-refractivity contribution >= 4 is 23.5 Å². The van der Waals surface area contributed by atoms with E-state index in [1.807, 2.05) is 23.5 Å². The second kappa shape index (κ2) is 4.47. The van der Waals surface area contributed by atoms with Gasteiger partial charge in [-0.2, -0.15) is 0 Å². The van der Waals surface area contributed by atoms with E-state index in [1.54, 1.807) is 0 Å². The van der Waals surface area contributed by atoms with Crippen LogP contribution in [0.3, 0.4) is 0 Å². The van der Waals surface area contributed by atoms with Gasteiger partial charge in [0.1, 0.15) is 10.3 Å². The van der Waals surface area contributed by atoms with Crippen molar-refractivity contribution in [2.24, 2.45) is 0 Å². The molecular formula is C9H14OS2. The molecule has 0 N–H and O–H groups in total. The van der Waals surface area contributed by atoms with E-state index in [1.165, 1.54) is 36.5 Å². The molecule has 0 saturated carbocycles. The van der Waals surface area contributed by atoms with Gasteiger partial charge in [0, 0.05) is 0 Å². The predicted octanol–water partition coefficient (Wildman–Crippen LogP) is 2.88. The average Bonchev–Trinajstić information content (AvgIpc) is 2.21. The van der Waals surface area contributed by atoms with Gasteiger partial charge in [-0.1, -0.05) is 0 Å². The molecular weight excluding hydrogens is 188 g/mol. The molecule has 0 atom stereocenters. The zero-order valence-corrected chi connectivity index (χ0v) is 8.76. The fourth-order valence-electron chi connectivity index (χ4n) is 1.39. The maximum absolute atomic E-state index is 5.64. The summed E-state index contributed by atoms with van der Waals surface area (Å²) >= 11 is 4.08. The van der Waals surface area contributed by atoms with E-state index in [4.69, 9.17) is 4.74 Å². The first-order valence-electron chi connectivity index (χ1n) is 4.53. The van der Waals surface area contributed by atoms with Gasteiger partial charge in [0.2, 0.25) is 0 Å². The summed E-state index contributed by atoms with van der Waals surface area (Å²) in [7, 11) is 0. The van der Waals surface area contributed by atoms with Gasteiger partial charge in [0.15, 0.2) is 0 Å². The van der Waals surface area contributed by atoms with Gasteiger partial charge in [-0.25, -0.2) is 0 Å². The second-order valence-electron chi connectivity index (χ2n) is 3.02. The summed E-state index contributed by atoms with van der Waals surface area (Å²) in [6.07, 6.45) is 6.05. The van der Waals surface area contributed by atoms with Crippen LogP contribution in [-0.2, 0) is 4.74 Å². The normalized spacial score (nSPS) is 26.2. The van der Waals surface area contributed by atoms with Crippen LogP contribution in [0.1, 0.15) is 19.3 Å². The lowest BCUT2D eigenvalue weighted by atomic mass is 10.2. The molecule has 0 amide bonds. The summed E-state index contributed by atoms with van der Waals surface area (Å²) in [5.41, 5.74) is 0. The average molecular weight is 202 g/mol. The van der Waals surface area contributed by atoms with Gasteiger partial charge >= 0.3 is 0 Å². The molecule has 0 spiro atoms. The van der Waals surface area contributed by atoms with Gasteiger partial charge < -0.3 is 4.74 Å². The Kier molecular flexibility index (Phi) is 3.29. The van der Waals surface area contributed by atoms with E-state index in [0.717, 1.165) is 6.61 Å². The molecule has 1 saturated heterocycles. The Balaban J connectivity index is 1.92. The molecule has 2 aliphatic heterocycles. The Morgan fingerprint density at radius 1 is 1.25 bits per heavy atom. The third-order valence-corrected chi connectivity index (χ3v) is 4.96. The molecule has 3 heteroatoms. The molecule has 2 heterocycles. The number of hydrogen-bond acceptors (Lipinski definition) is 3. The highest BCUT2D eigenvalue weighted by molar-refractivity contribution is 8.17. The smallest absolute Gasteiger partial charge is 0.115 e. The summed E-state index contributed by atoms with van der Waals surface area (Å²) in [6.45, 7) is 0.934. The number of hydrogen-bond donors (Lipinski definition) is 0. The number of rotatable bonds is 1. The van der Waals surface area contributed by atoms with Gasteiger partial charge in [0.25, 0.3) is 0 Å². The summed E-state index contributed by atoms with van der Waals surface area (Å²) in [5, 5.41) is 0. The van der Waals surface area contributed by atoms with E-state index in [9.17, 15) is 0 Å². The first kappa shape index (κ1) is 8.82. The minimum atomic E-state index is 0.610. The Hall–Kier alpha value is 0.240. The minimum absolute atomic E-state index is 0.610. The van der Waals surface area contributed by atoms with Gasteiger partial charge in [-0.3, -0.25) is 0 Å². The fourth-order valence-corrected chi connectivity index (χ4v) is 4.25. The number of thioether (sulfide) groups is 2. The van der Waals surface area contributed by atoms with Crippen molar-refractivity contribution in [1.82, 2.24) is 0 Å². The Labute approximate surface area is 82.3 Å². The highest BCUT2D eigenvalue weighted by atomic mass is 32.2. The number of ether oxygens (including phenoxy) is 1. The highest BCUT2D eigenvalue weighted by Gasteiger charge is 2.21. The molecule has 1 fully saturated rings. The molecule has 0 aromatic rings. The van der Waals surface area contributed by atoms with E-state index in [2.05, 4.69) is 6.08 Å². The standard InChI is InChI=1S/C9H14OS2/c1-2-5-10-8(4-1)9-11-6-3-7-12-9/h4,9H,1-3,5-7H2. The van der Waals surface area contributed by atoms with Gasteiger partial charge in [0.05, 0.1) is 6.61 Å². The topological polar surface area (TPSA) is 9.23 Å². The summed E-state index contributed by atoms with van der Waals surface area (Å²) in [5.74, 6) is 3.85. The first-order chi connectivity index (χ1) is 5.97. The Bertz CT molecular complexity index is 173. The molecule has 2 aliphatic rings. The fraction of sp³-hybridized carbons (Fsp3) is 0.778. The predicted molar refractivity (Wildman–Crippen MR) is 56.6 cm³/mol. The molecule has 2 rings (SSSR count). The van der Waals surface area contributed by atoms with E-state index in [0.29, 0.717) is 4.58 Å². The molecule has 0 aliphatic carbocycles. The second-order valence-corrected chi connectivity index (χ2v) is 5.75.